The maximum Gasteiger partial charge on any atom is 0.0381 e. The zero-order valence-electron chi connectivity index (χ0n) is 10.2. The van der Waals surface area contributed by atoms with E-state index in [1.54, 1.807) is 0 Å². The summed E-state index contributed by atoms with van der Waals surface area (Å²) >= 11 is 0. The van der Waals surface area contributed by atoms with E-state index in [1.807, 2.05) is 7.05 Å². The van der Waals surface area contributed by atoms with Gasteiger partial charge in [0.15, 0.2) is 0 Å². The first-order valence-corrected chi connectivity index (χ1v) is 5.45. The Morgan fingerprint density at radius 1 is 1.40 bits per heavy atom. The molecule has 0 fully saturated rings. The molecule has 2 heteroatoms. The van der Waals surface area contributed by atoms with Gasteiger partial charge in [0, 0.05) is 6.04 Å². The molecule has 0 amide bonds. The van der Waals surface area contributed by atoms with Gasteiger partial charge in [-0.05, 0) is 31.5 Å². The van der Waals surface area contributed by atoms with Gasteiger partial charge in [-0.3, -0.25) is 0 Å². The highest BCUT2D eigenvalue weighted by Gasteiger charge is 2.27. The first-order valence-electron chi connectivity index (χ1n) is 5.45. The molecule has 1 aromatic carbocycles. The third-order valence-corrected chi connectivity index (χ3v) is 2.97. The van der Waals surface area contributed by atoms with Crippen LogP contribution in [0.3, 0.4) is 0 Å². The third kappa shape index (κ3) is 2.80. The molecule has 0 saturated carbocycles. The Hall–Kier alpha value is -0.860. The minimum Gasteiger partial charge on any atom is -0.330 e. The zero-order chi connectivity index (χ0) is 11.5. The Morgan fingerprint density at radius 2 is 2.07 bits per heavy atom. The van der Waals surface area contributed by atoms with Gasteiger partial charge in [-0.15, -0.1) is 0 Å². The number of hydrogen-bond donors (Lipinski definition) is 2. The molecule has 0 aliphatic rings. The van der Waals surface area contributed by atoms with Crippen molar-refractivity contribution in [1.82, 2.24) is 5.32 Å². The molecule has 0 bridgehead atoms. The Kier molecular flexibility index (Phi) is 3.89. The van der Waals surface area contributed by atoms with Gasteiger partial charge in [-0.2, -0.15) is 0 Å². The van der Waals surface area contributed by atoms with Gasteiger partial charge in [0.05, 0.1) is 0 Å². The van der Waals surface area contributed by atoms with Crippen molar-refractivity contribution in [3.05, 3.63) is 35.4 Å². The number of hydrogen-bond acceptors (Lipinski definition) is 2. The van der Waals surface area contributed by atoms with Crippen molar-refractivity contribution in [1.29, 1.82) is 0 Å². The molecule has 0 saturated heterocycles. The van der Waals surface area contributed by atoms with Gasteiger partial charge in [0.1, 0.15) is 0 Å². The monoisotopic (exact) mass is 206 g/mol. The number of nitrogens with two attached hydrogens (primary N) is 1. The molecular weight excluding hydrogens is 184 g/mol. The van der Waals surface area contributed by atoms with Crippen LogP contribution in [0.1, 0.15) is 31.0 Å². The van der Waals surface area contributed by atoms with Crippen LogP contribution in [0.5, 0.6) is 0 Å². The molecule has 0 spiro atoms. The van der Waals surface area contributed by atoms with Gasteiger partial charge in [0.25, 0.3) is 0 Å². The van der Waals surface area contributed by atoms with E-state index in [-0.39, 0.29) is 5.41 Å². The predicted octanol–water partition coefficient (Wildman–Crippen LogP) is 2.24. The molecular formula is C13H22N2. The highest BCUT2D eigenvalue weighted by atomic mass is 14.9. The van der Waals surface area contributed by atoms with Crippen LogP contribution in [0.2, 0.25) is 0 Å². The topological polar surface area (TPSA) is 38.0 Å². The Bertz CT molecular complexity index is 318. The Labute approximate surface area is 92.9 Å². The van der Waals surface area contributed by atoms with Crippen molar-refractivity contribution in [3.63, 3.8) is 0 Å². The summed E-state index contributed by atoms with van der Waals surface area (Å²) in [5.74, 6) is 0. The largest absolute Gasteiger partial charge is 0.330 e. The van der Waals surface area contributed by atoms with Gasteiger partial charge in [-0.1, -0.05) is 43.7 Å². The van der Waals surface area contributed by atoms with Crippen LogP contribution >= 0.6 is 0 Å². The Morgan fingerprint density at radius 3 is 2.53 bits per heavy atom. The van der Waals surface area contributed by atoms with Gasteiger partial charge in [-0.25, -0.2) is 0 Å². The molecule has 0 aromatic heterocycles. The van der Waals surface area contributed by atoms with Crippen LogP contribution in [-0.2, 0) is 0 Å². The molecule has 0 radical (unpaired) electrons. The number of benzene rings is 1. The lowest BCUT2D eigenvalue weighted by atomic mass is 9.80. The summed E-state index contributed by atoms with van der Waals surface area (Å²) in [5, 5.41) is 3.36. The molecule has 0 aliphatic heterocycles. The van der Waals surface area contributed by atoms with Crippen LogP contribution in [0.25, 0.3) is 0 Å². The highest BCUT2D eigenvalue weighted by molar-refractivity contribution is 5.26. The molecule has 1 aromatic rings. The fourth-order valence-electron chi connectivity index (χ4n) is 1.98. The second kappa shape index (κ2) is 4.77. The molecule has 3 N–H and O–H groups in total. The summed E-state index contributed by atoms with van der Waals surface area (Å²) in [5.41, 5.74) is 8.50. The molecule has 1 rings (SSSR count). The maximum absolute atomic E-state index is 5.82. The van der Waals surface area contributed by atoms with E-state index in [0.717, 1.165) is 0 Å². The van der Waals surface area contributed by atoms with Gasteiger partial charge in [0.2, 0.25) is 0 Å². The van der Waals surface area contributed by atoms with Crippen LogP contribution < -0.4 is 11.1 Å². The summed E-state index contributed by atoms with van der Waals surface area (Å²) in [4.78, 5) is 0. The first-order chi connectivity index (χ1) is 7.01. The summed E-state index contributed by atoms with van der Waals surface area (Å²) in [6.07, 6.45) is 0. The van der Waals surface area contributed by atoms with Crippen molar-refractivity contribution >= 4 is 0 Å². The maximum atomic E-state index is 5.82. The average molecular weight is 206 g/mol. The van der Waals surface area contributed by atoms with Crippen molar-refractivity contribution in [2.24, 2.45) is 11.1 Å². The fraction of sp³-hybridized carbons (Fsp3) is 0.538. The molecule has 1 atom stereocenters. The van der Waals surface area contributed by atoms with E-state index in [2.05, 4.69) is 50.4 Å². The van der Waals surface area contributed by atoms with Crippen molar-refractivity contribution in [2.45, 2.75) is 26.8 Å². The lowest BCUT2D eigenvalue weighted by molar-refractivity contribution is 0.265. The van der Waals surface area contributed by atoms with E-state index < -0.39 is 0 Å². The SMILES string of the molecule is CNC(c1cccc(C)c1)C(C)(C)CN. The van der Waals surface area contributed by atoms with Crippen molar-refractivity contribution in [3.8, 4) is 0 Å². The lowest BCUT2D eigenvalue weighted by Gasteiger charge is -2.33. The minimum atomic E-state index is 0.0720. The minimum absolute atomic E-state index is 0.0720. The zero-order valence-corrected chi connectivity index (χ0v) is 10.2. The second-order valence-corrected chi connectivity index (χ2v) is 4.83. The highest BCUT2D eigenvalue weighted by Crippen LogP contribution is 2.32. The second-order valence-electron chi connectivity index (χ2n) is 4.83. The summed E-state index contributed by atoms with van der Waals surface area (Å²) in [6.45, 7) is 7.17. The lowest BCUT2D eigenvalue weighted by Crippen LogP contribution is -2.37. The molecule has 1 unspecified atom stereocenters. The quantitative estimate of drug-likeness (QED) is 0.793. The first kappa shape index (κ1) is 12.2. The number of aryl methyl sites for hydroxylation is 1. The van der Waals surface area contributed by atoms with Crippen molar-refractivity contribution in [2.75, 3.05) is 13.6 Å². The van der Waals surface area contributed by atoms with E-state index in [1.165, 1.54) is 11.1 Å². The molecule has 0 aliphatic carbocycles. The smallest absolute Gasteiger partial charge is 0.0381 e. The fourth-order valence-corrected chi connectivity index (χ4v) is 1.98. The van der Waals surface area contributed by atoms with E-state index in [4.69, 9.17) is 5.73 Å². The predicted molar refractivity (Wildman–Crippen MR) is 65.8 cm³/mol. The van der Waals surface area contributed by atoms with E-state index >= 15 is 0 Å². The average Bonchev–Trinajstić information content (AvgIpc) is 2.18. The standard InChI is InChI=1S/C13H22N2/c1-10-6-5-7-11(8-10)12(15-4)13(2,3)9-14/h5-8,12,15H,9,14H2,1-4H3. The summed E-state index contributed by atoms with van der Waals surface area (Å²) in [7, 11) is 1.99. The number of nitrogens with one attached hydrogen (secondary N) is 1. The van der Waals surface area contributed by atoms with Gasteiger partial charge < -0.3 is 11.1 Å². The van der Waals surface area contributed by atoms with Gasteiger partial charge >= 0.3 is 0 Å². The van der Waals surface area contributed by atoms with Crippen LogP contribution in [0, 0.1) is 12.3 Å². The molecule has 0 heterocycles. The van der Waals surface area contributed by atoms with Crippen molar-refractivity contribution < 1.29 is 0 Å². The molecule has 84 valence electrons. The summed E-state index contributed by atoms with van der Waals surface area (Å²) in [6, 6.07) is 8.90. The molecule has 2 nitrogen and oxygen atoms in total. The van der Waals surface area contributed by atoms with Crippen LogP contribution in [0.4, 0.5) is 0 Å². The van der Waals surface area contributed by atoms with Crippen LogP contribution in [0.15, 0.2) is 24.3 Å². The third-order valence-electron chi connectivity index (χ3n) is 2.97. The van der Waals surface area contributed by atoms with E-state index in [9.17, 15) is 0 Å². The summed E-state index contributed by atoms with van der Waals surface area (Å²) < 4.78 is 0. The van der Waals surface area contributed by atoms with E-state index in [0.29, 0.717) is 12.6 Å². The number of rotatable bonds is 4. The van der Waals surface area contributed by atoms with Crippen LogP contribution in [-0.4, -0.2) is 13.6 Å². The Balaban J connectivity index is 3.02. The normalized spacial score (nSPS) is 13.9. The molecule has 15 heavy (non-hydrogen) atoms.